The highest BCUT2D eigenvalue weighted by Crippen LogP contribution is 2.35. The summed E-state index contributed by atoms with van der Waals surface area (Å²) < 4.78 is 5.37. The van der Waals surface area contributed by atoms with Crippen molar-refractivity contribution in [1.82, 2.24) is 9.88 Å². The second-order valence-corrected chi connectivity index (χ2v) is 10.5. The standard InChI is InChI=1S/C30H37ClN2O4/c1-37-24-10-11-28-26(19-24)25(14-16-32-28)29(34)12-8-21-15-18-33(20-23(21)9-13-30(35)36)17-4-6-22-5-2-3-7-27(22)31/h2-3,5,7,10-11,14,16,19,21,23,29,34H,4,6,8-9,12-13,15,17-18,20H2,1H3,(H,35,36)/t21?,23?,29-/m0/s1. The number of methoxy groups -OCH3 is 1. The maximum atomic E-state index is 11.3. The number of carboxylic acid groups (broad SMARTS) is 1. The van der Waals surface area contributed by atoms with Gasteiger partial charge in [-0.05, 0) is 105 Å². The number of aliphatic carboxylic acids is 1. The van der Waals surface area contributed by atoms with Gasteiger partial charge in [0.05, 0.1) is 18.7 Å². The lowest BCUT2D eigenvalue weighted by Crippen LogP contribution is -2.41. The molecule has 1 aliphatic rings. The van der Waals surface area contributed by atoms with Crippen molar-refractivity contribution in [3.05, 3.63) is 70.9 Å². The third-order valence-electron chi connectivity index (χ3n) is 7.74. The molecule has 1 aliphatic heterocycles. The summed E-state index contributed by atoms with van der Waals surface area (Å²) in [5, 5.41) is 22.2. The molecule has 0 spiro atoms. The van der Waals surface area contributed by atoms with Gasteiger partial charge in [0.25, 0.3) is 0 Å². The fraction of sp³-hybridized carbons (Fsp3) is 0.467. The van der Waals surface area contributed by atoms with Crippen LogP contribution < -0.4 is 4.74 Å². The van der Waals surface area contributed by atoms with E-state index in [2.05, 4.69) is 16.0 Å². The molecule has 1 fully saturated rings. The molecule has 3 aromatic rings. The average Bonchev–Trinajstić information content (AvgIpc) is 2.91. The molecule has 4 rings (SSSR count). The summed E-state index contributed by atoms with van der Waals surface area (Å²) in [6, 6.07) is 15.6. The van der Waals surface area contributed by atoms with Gasteiger partial charge in [0, 0.05) is 29.6 Å². The monoisotopic (exact) mass is 524 g/mol. The molecule has 1 saturated heterocycles. The van der Waals surface area contributed by atoms with Crippen molar-refractivity contribution in [1.29, 1.82) is 0 Å². The number of likely N-dealkylation sites (tertiary alicyclic amines) is 1. The molecule has 7 heteroatoms. The Morgan fingerprint density at radius 1 is 1.19 bits per heavy atom. The lowest BCUT2D eigenvalue weighted by molar-refractivity contribution is -0.137. The number of fused-ring (bicyclic) bond motifs is 1. The molecule has 2 N–H and O–H groups in total. The normalized spacial score (nSPS) is 19.1. The average molecular weight is 525 g/mol. The SMILES string of the molecule is COc1ccc2nccc([C@@H](O)CCC3CCN(CCCc4ccccc4Cl)CC3CCC(=O)O)c2c1. The third kappa shape index (κ3) is 7.44. The fourth-order valence-corrected chi connectivity index (χ4v) is 5.89. The highest BCUT2D eigenvalue weighted by atomic mass is 35.5. The zero-order valence-electron chi connectivity index (χ0n) is 21.5. The summed E-state index contributed by atoms with van der Waals surface area (Å²) in [5.41, 5.74) is 2.88. The fourth-order valence-electron chi connectivity index (χ4n) is 5.66. The first-order valence-electron chi connectivity index (χ1n) is 13.2. The minimum atomic E-state index is -0.744. The van der Waals surface area contributed by atoms with E-state index in [0.29, 0.717) is 24.7 Å². The van der Waals surface area contributed by atoms with Gasteiger partial charge in [-0.3, -0.25) is 9.78 Å². The molecule has 2 aromatic carbocycles. The highest BCUT2D eigenvalue weighted by Gasteiger charge is 2.30. The number of aliphatic hydroxyl groups excluding tert-OH is 1. The van der Waals surface area contributed by atoms with Gasteiger partial charge in [-0.2, -0.15) is 0 Å². The van der Waals surface area contributed by atoms with Crippen LogP contribution in [0.2, 0.25) is 5.02 Å². The molecule has 3 atom stereocenters. The molecule has 0 radical (unpaired) electrons. The van der Waals surface area contributed by atoms with Crippen LogP contribution in [-0.4, -0.2) is 52.8 Å². The van der Waals surface area contributed by atoms with Crippen LogP contribution in [0.4, 0.5) is 0 Å². The van der Waals surface area contributed by atoms with Gasteiger partial charge < -0.3 is 19.8 Å². The van der Waals surface area contributed by atoms with Crippen LogP contribution in [0.5, 0.6) is 5.75 Å². The minimum Gasteiger partial charge on any atom is -0.497 e. The number of pyridine rings is 1. The zero-order valence-corrected chi connectivity index (χ0v) is 22.2. The molecular weight excluding hydrogens is 488 g/mol. The molecule has 1 aromatic heterocycles. The number of carboxylic acids is 1. The van der Waals surface area contributed by atoms with Crippen LogP contribution in [0.25, 0.3) is 10.9 Å². The van der Waals surface area contributed by atoms with Gasteiger partial charge in [0.15, 0.2) is 0 Å². The van der Waals surface area contributed by atoms with Gasteiger partial charge in [-0.1, -0.05) is 29.8 Å². The van der Waals surface area contributed by atoms with E-state index in [0.717, 1.165) is 72.6 Å². The summed E-state index contributed by atoms with van der Waals surface area (Å²) in [5.74, 6) is 0.708. The Bertz CT molecular complexity index is 1190. The van der Waals surface area contributed by atoms with Crippen molar-refractivity contribution < 1.29 is 19.7 Å². The van der Waals surface area contributed by atoms with E-state index in [1.807, 2.05) is 42.5 Å². The highest BCUT2D eigenvalue weighted by molar-refractivity contribution is 6.31. The van der Waals surface area contributed by atoms with Gasteiger partial charge in [0.1, 0.15) is 5.75 Å². The van der Waals surface area contributed by atoms with Crippen LogP contribution >= 0.6 is 11.6 Å². The summed E-state index contributed by atoms with van der Waals surface area (Å²) in [6.07, 6.45) is 6.49. The predicted molar refractivity (Wildman–Crippen MR) is 147 cm³/mol. The van der Waals surface area contributed by atoms with Crippen LogP contribution in [0.3, 0.4) is 0 Å². The molecule has 0 aliphatic carbocycles. The first-order chi connectivity index (χ1) is 17.9. The van der Waals surface area contributed by atoms with E-state index in [1.54, 1.807) is 13.3 Å². The number of nitrogens with zero attached hydrogens (tertiary/aromatic N) is 2. The Kier molecular flexibility index (Phi) is 9.78. The number of halogens is 1. The van der Waals surface area contributed by atoms with Gasteiger partial charge in [-0.25, -0.2) is 0 Å². The number of piperidine rings is 1. The number of aliphatic hydroxyl groups is 1. The van der Waals surface area contributed by atoms with Gasteiger partial charge in [0.2, 0.25) is 0 Å². The predicted octanol–water partition coefficient (Wildman–Crippen LogP) is 6.15. The first-order valence-corrected chi connectivity index (χ1v) is 13.6. The minimum absolute atomic E-state index is 0.186. The van der Waals surface area contributed by atoms with Crippen LogP contribution in [0.15, 0.2) is 54.7 Å². The van der Waals surface area contributed by atoms with E-state index < -0.39 is 12.1 Å². The lowest BCUT2D eigenvalue weighted by atomic mass is 9.79. The van der Waals surface area contributed by atoms with Crippen molar-refractivity contribution in [2.75, 3.05) is 26.7 Å². The Labute approximate surface area is 224 Å². The number of ether oxygens (including phenoxy) is 1. The summed E-state index contributed by atoms with van der Waals surface area (Å²) >= 11 is 6.31. The number of aromatic nitrogens is 1. The Hall–Kier alpha value is -2.67. The number of hydrogen-bond donors (Lipinski definition) is 2. The number of benzene rings is 2. The second kappa shape index (κ2) is 13.2. The van der Waals surface area contributed by atoms with Gasteiger partial charge >= 0.3 is 5.97 Å². The van der Waals surface area contributed by atoms with Gasteiger partial charge in [-0.15, -0.1) is 0 Å². The molecule has 0 bridgehead atoms. The maximum Gasteiger partial charge on any atom is 0.303 e. The maximum absolute atomic E-state index is 11.3. The van der Waals surface area contributed by atoms with E-state index in [1.165, 1.54) is 5.56 Å². The zero-order chi connectivity index (χ0) is 26.2. The Balaban J connectivity index is 1.35. The van der Waals surface area contributed by atoms with E-state index in [9.17, 15) is 15.0 Å². The molecule has 2 heterocycles. The van der Waals surface area contributed by atoms with Crippen molar-refractivity contribution in [3.8, 4) is 5.75 Å². The molecule has 0 amide bonds. The molecule has 0 saturated carbocycles. The largest absolute Gasteiger partial charge is 0.497 e. The second-order valence-electron chi connectivity index (χ2n) is 10.1. The Morgan fingerprint density at radius 2 is 2.03 bits per heavy atom. The van der Waals surface area contributed by atoms with Crippen molar-refractivity contribution in [3.63, 3.8) is 0 Å². The number of hydrogen-bond acceptors (Lipinski definition) is 5. The number of aryl methyl sites for hydroxylation is 1. The molecular formula is C30H37ClN2O4. The quantitative estimate of drug-likeness (QED) is 0.296. The van der Waals surface area contributed by atoms with Crippen LogP contribution in [0.1, 0.15) is 55.8 Å². The molecule has 2 unspecified atom stereocenters. The van der Waals surface area contributed by atoms with E-state index >= 15 is 0 Å². The first kappa shape index (κ1) is 27.4. The smallest absolute Gasteiger partial charge is 0.303 e. The molecule has 6 nitrogen and oxygen atoms in total. The van der Waals surface area contributed by atoms with E-state index in [-0.39, 0.29) is 6.42 Å². The van der Waals surface area contributed by atoms with Crippen molar-refractivity contribution in [2.45, 2.75) is 51.0 Å². The lowest BCUT2D eigenvalue weighted by Gasteiger charge is -2.39. The third-order valence-corrected chi connectivity index (χ3v) is 8.10. The van der Waals surface area contributed by atoms with Crippen LogP contribution in [-0.2, 0) is 11.2 Å². The number of carbonyl (C=O) groups is 1. The Morgan fingerprint density at radius 3 is 2.81 bits per heavy atom. The topological polar surface area (TPSA) is 82.9 Å². The summed E-state index contributed by atoms with van der Waals surface area (Å²) in [7, 11) is 1.63. The van der Waals surface area contributed by atoms with Crippen LogP contribution in [0, 0.1) is 11.8 Å². The van der Waals surface area contributed by atoms with Crippen molar-refractivity contribution in [2.24, 2.45) is 11.8 Å². The van der Waals surface area contributed by atoms with Crippen molar-refractivity contribution >= 4 is 28.5 Å². The molecule has 37 heavy (non-hydrogen) atoms. The molecule has 198 valence electrons. The summed E-state index contributed by atoms with van der Waals surface area (Å²) in [4.78, 5) is 18.2. The van der Waals surface area contributed by atoms with E-state index in [4.69, 9.17) is 16.3 Å². The number of rotatable bonds is 12. The summed E-state index contributed by atoms with van der Waals surface area (Å²) in [6.45, 7) is 2.89.